The fourth-order valence-electron chi connectivity index (χ4n) is 1.51. The maximum absolute atomic E-state index is 13.1. The number of hydrogen-bond acceptors (Lipinski definition) is 2. The minimum atomic E-state index is -0.273. The molecule has 1 N–H and O–H groups in total. The highest BCUT2D eigenvalue weighted by Crippen LogP contribution is 2.27. The summed E-state index contributed by atoms with van der Waals surface area (Å²) in [6.07, 6.45) is 0. The second-order valence-electron chi connectivity index (χ2n) is 3.83. The van der Waals surface area contributed by atoms with E-state index < -0.39 is 0 Å². The van der Waals surface area contributed by atoms with E-state index in [-0.39, 0.29) is 12.4 Å². The van der Waals surface area contributed by atoms with E-state index in [1.165, 1.54) is 12.1 Å². The van der Waals surface area contributed by atoms with Gasteiger partial charge in [-0.1, -0.05) is 23.7 Å². The monoisotopic (exact) mass is 282 g/mol. The van der Waals surface area contributed by atoms with E-state index in [1.54, 1.807) is 17.8 Å². The topological polar surface area (TPSA) is 20.2 Å². The number of benzene rings is 2. The zero-order chi connectivity index (χ0) is 13.0. The van der Waals surface area contributed by atoms with Gasteiger partial charge in [-0.25, -0.2) is 4.39 Å². The van der Waals surface area contributed by atoms with Gasteiger partial charge in [0.25, 0.3) is 0 Å². The van der Waals surface area contributed by atoms with Gasteiger partial charge in [-0.2, -0.15) is 0 Å². The fourth-order valence-corrected chi connectivity index (χ4v) is 2.66. The minimum absolute atomic E-state index is 0.0423. The second kappa shape index (κ2) is 6.23. The summed E-state index contributed by atoms with van der Waals surface area (Å²) in [5.41, 5.74) is 1.66. The number of rotatable bonds is 4. The molecule has 0 saturated carbocycles. The van der Waals surface area contributed by atoms with Crippen LogP contribution < -0.4 is 0 Å². The Balaban J connectivity index is 2.04. The molecule has 0 aliphatic rings. The molecular weight excluding hydrogens is 271 g/mol. The summed E-state index contributed by atoms with van der Waals surface area (Å²) < 4.78 is 13.1. The largest absolute Gasteiger partial charge is 0.392 e. The van der Waals surface area contributed by atoms with Crippen molar-refractivity contribution in [3.8, 4) is 0 Å². The van der Waals surface area contributed by atoms with Crippen LogP contribution in [-0.4, -0.2) is 5.11 Å². The van der Waals surface area contributed by atoms with E-state index in [1.807, 2.05) is 24.3 Å². The SMILES string of the molecule is OCc1ccc(SCc2cc(F)ccc2Cl)cc1. The van der Waals surface area contributed by atoms with Crippen molar-refractivity contribution in [2.75, 3.05) is 0 Å². The van der Waals surface area contributed by atoms with E-state index in [0.717, 1.165) is 16.0 Å². The molecule has 18 heavy (non-hydrogen) atoms. The van der Waals surface area contributed by atoms with Crippen LogP contribution in [-0.2, 0) is 12.4 Å². The van der Waals surface area contributed by atoms with Gasteiger partial charge in [-0.3, -0.25) is 0 Å². The van der Waals surface area contributed by atoms with E-state index in [4.69, 9.17) is 16.7 Å². The highest BCUT2D eigenvalue weighted by Gasteiger charge is 2.03. The van der Waals surface area contributed by atoms with Crippen LogP contribution in [0.5, 0.6) is 0 Å². The Labute approximate surface area is 115 Å². The second-order valence-corrected chi connectivity index (χ2v) is 5.28. The van der Waals surface area contributed by atoms with Crippen molar-refractivity contribution in [2.45, 2.75) is 17.3 Å². The van der Waals surface area contributed by atoms with Gasteiger partial charge in [0, 0.05) is 15.7 Å². The van der Waals surface area contributed by atoms with Crippen LogP contribution in [0.25, 0.3) is 0 Å². The smallest absolute Gasteiger partial charge is 0.123 e. The molecule has 2 aromatic rings. The van der Waals surface area contributed by atoms with Crippen molar-refractivity contribution >= 4 is 23.4 Å². The number of halogens is 2. The number of aliphatic hydroxyl groups excluding tert-OH is 1. The molecule has 0 fully saturated rings. The van der Waals surface area contributed by atoms with Crippen molar-refractivity contribution < 1.29 is 9.50 Å². The molecular formula is C14H12ClFOS. The lowest BCUT2D eigenvalue weighted by Crippen LogP contribution is -1.86. The lowest BCUT2D eigenvalue weighted by atomic mass is 10.2. The summed E-state index contributed by atoms with van der Waals surface area (Å²) in [6, 6.07) is 12.0. The van der Waals surface area contributed by atoms with Crippen molar-refractivity contribution in [3.63, 3.8) is 0 Å². The van der Waals surface area contributed by atoms with E-state index in [0.29, 0.717) is 10.8 Å². The average molecular weight is 283 g/mol. The maximum atomic E-state index is 13.1. The van der Waals surface area contributed by atoms with Gasteiger partial charge in [-0.15, -0.1) is 11.8 Å². The van der Waals surface area contributed by atoms with Crippen LogP contribution in [0.1, 0.15) is 11.1 Å². The summed E-state index contributed by atoms with van der Waals surface area (Å²) in [7, 11) is 0. The van der Waals surface area contributed by atoms with Gasteiger partial charge in [0.2, 0.25) is 0 Å². The normalized spacial score (nSPS) is 10.6. The molecule has 0 atom stereocenters. The molecule has 94 valence electrons. The Kier molecular flexibility index (Phi) is 4.64. The molecule has 0 unspecified atom stereocenters. The zero-order valence-corrected chi connectivity index (χ0v) is 11.1. The zero-order valence-electron chi connectivity index (χ0n) is 9.57. The number of aliphatic hydroxyl groups is 1. The van der Waals surface area contributed by atoms with Gasteiger partial charge in [0.05, 0.1) is 6.61 Å². The predicted molar refractivity (Wildman–Crippen MR) is 73.3 cm³/mol. The third kappa shape index (κ3) is 3.48. The number of hydrogen-bond donors (Lipinski definition) is 1. The van der Waals surface area contributed by atoms with Crippen LogP contribution >= 0.6 is 23.4 Å². The molecule has 0 amide bonds. The summed E-state index contributed by atoms with van der Waals surface area (Å²) >= 11 is 7.58. The van der Waals surface area contributed by atoms with Crippen LogP contribution in [0.3, 0.4) is 0 Å². The Hall–Kier alpha value is -1.03. The van der Waals surface area contributed by atoms with Gasteiger partial charge >= 0.3 is 0 Å². The lowest BCUT2D eigenvalue weighted by molar-refractivity contribution is 0.282. The Morgan fingerprint density at radius 2 is 1.83 bits per heavy atom. The van der Waals surface area contributed by atoms with Crippen molar-refractivity contribution in [2.24, 2.45) is 0 Å². The van der Waals surface area contributed by atoms with E-state index in [9.17, 15) is 4.39 Å². The molecule has 0 bridgehead atoms. The van der Waals surface area contributed by atoms with Gasteiger partial charge in [0.1, 0.15) is 5.82 Å². The third-order valence-electron chi connectivity index (χ3n) is 2.51. The molecule has 2 rings (SSSR count). The third-order valence-corrected chi connectivity index (χ3v) is 3.94. The molecule has 2 aromatic carbocycles. The molecule has 0 spiro atoms. The first-order chi connectivity index (χ1) is 8.69. The van der Waals surface area contributed by atoms with Crippen LogP contribution in [0.2, 0.25) is 5.02 Å². The van der Waals surface area contributed by atoms with Crippen molar-refractivity contribution in [1.82, 2.24) is 0 Å². The van der Waals surface area contributed by atoms with Crippen LogP contribution in [0.15, 0.2) is 47.4 Å². The van der Waals surface area contributed by atoms with Crippen molar-refractivity contribution in [3.05, 3.63) is 64.4 Å². The molecule has 0 radical (unpaired) electrons. The quantitative estimate of drug-likeness (QED) is 0.846. The van der Waals surface area contributed by atoms with E-state index >= 15 is 0 Å². The molecule has 0 heterocycles. The summed E-state index contributed by atoms with van der Waals surface area (Å²) in [5.74, 6) is 0.348. The van der Waals surface area contributed by atoms with Crippen LogP contribution in [0.4, 0.5) is 4.39 Å². The summed E-state index contributed by atoms with van der Waals surface area (Å²) in [6.45, 7) is 0.0423. The first-order valence-electron chi connectivity index (χ1n) is 5.45. The maximum Gasteiger partial charge on any atom is 0.123 e. The Bertz CT molecular complexity index is 528. The summed E-state index contributed by atoms with van der Waals surface area (Å²) in [5, 5.41) is 9.52. The lowest BCUT2D eigenvalue weighted by Gasteiger charge is -2.05. The fraction of sp³-hybridized carbons (Fsp3) is 0.143. The Morgan fingerprint density at radius 3 is 2.50 bits per heavy atom. The standard InChI is InChI=1S/C14H12ClFOS/c15-14-6-3-12(16)7-11(14)9-18-13-4-1-10(8-17)2-5-13/h1-7,17H,8-9H2. The van der Waals surface area contributed by atoms with E-state index in [2.05, 4.69) is 0 Å². The first-order valence-corrected chi connectivity index (χ1v) is 6.82. The number of thioether (sulfide) groups is 1. The molecule has 1 nitrogen and oxygen atoms in total. The highest BCUT2D eigenvalue weighted by atomic mass is 35.5. The van der Waals surface area contributed by atoms with Gasteiger partial charge < -0.3 is 5.11 Å². The molecule has 4 heteroatoms. The molecule has 0 saturated heterocycles. The minimum Gasteiger partial charge on any atom is -0.392 e. The van der Waals surface area contributed by atoms with Gasteiger partial charge in [-0.05, 0) is 41.5 Å². The molecule has 0 aliphatic carbocycles. The Morgan fingerprint density at radius 1 is 1.11 bits per heavy atom. The van der Waals surface area contributed by atoms with Gasteiger partial charge in [0.15, 0.2) is 0 Å². The average Bonchev–Trinajstić information content (AvgIpc) is 2.40. The van der Waals surface area contributed by atoms with Crippen LogP contribution in [0, 0.1) is 5.82 Å². The molecule has 0 aromatic heterocycles. The first kappa shape index (κ1) is 13.4. The predicted octanol–water partition coefficient (Wildman–Crippen LogP) is 4.26. The summed E-state index contributed by atoms with van der Waals surface area (Å²) in [4.78, 5) is 1.06. The highest BCUT2D eigenvalue weighted by molar-refractivity contribution is 7.98. The molecule has 0 aliphatic heterocycles. The van der Waals surface area contributed by atoms with Crippen molar-refractivity contribution in [1.29, 1.82) is 0 Å².